The number of halogens is 2. The Morgan fingerprint density at radius 3 is 2.19 bits per heavy atom. The molecule has 0 bridgehead atoms. The molecule has 0 aliphatic heterocycles. The Morgan fingerprint density at radius 2 is 1.67 bits per heavy atom. The van der Waals surface area contributed by atoms with Crippen LogP contribution in [0.3, 0.4) is 0 Å². The second-order valence-electron chi connectivity index (χ2n) is 4.82. The molecule has 0 heterocycles. The van der Waals surface area contributed by atoms with Crippen LogP contribution in [0.1, 0.15) is 12.5 Å². The van der Waals surface area contributed by atoms with Gasteiger partial charge in [-0.2, -0.15) is 0 Å². The first-order valence-electron chi connectivity index (χ1n) is 6.55. The molecule has 2 N–H and O–H groups in total. The van der Waals surface area contributed by atoms with E-state index in [1.165, 1.54) is 19.2 Å². The quantitative estimate of drug-likeness (QED) is 0.915. The monoisotopic (exact) mass is 293 g/mol. The minimum absolute atomic E-state index is 0.176. The highest BCUT2D eigenvalue weighted by Crippen LogP contribution is 2.34. The molecule has 0 amide bonds. The molecule has 2 aromatic carbocycles. The van der Waals surface area contributed by atoms with Gasteiger partial charge in [0.05, 0.1) is 7.11 Å². The van der Waals surface area contributed by atoms with Crippen molar-refractivity contribution in [1.82, 2.24) is 0 Å². The van der Waals surface area contributed by atoms with Crippen LogP contribution in [-0.4, -0.2) is 13.2 Å². The van der Waals surface area contributed by atoms with E-state index in [0.29, 0.717) is 17.7 Å². The third kappa shape index (κ3) is 3.70. The third-order valence-corrected chi connectivity index (χ3v) is 2.90. The zero-order chi connectivity index (χ0) is 15.4. The van der Waals surface area contributed by atoms with Crippen molar-refractivity contribution in [2.45, 2.75) is 19.4 Å². The Kier molecular flexibility index (Phi) is 4.75. The van der Waals surface area contributed by atoms with Crippen molar-refractivity contribution in [2.24, 2.45) is 5.73 Å². The number of rotatable bonds is 5. The highest BCUT2D eigenvalue weighted by Gasteiger charge is 2.16. The summed E-state index contributed by atoms with van der Waals surface area (Å²) < 4.78 is 38.5. The number of hydrogen-bond acceptors (Lipinski definition) is 3. The Labute approximate surface area is 122 Å². The normalized spacial score (nSPS) is 12.0. The summed E-state index contributed by atoms with van der Waals surface area (Å²) in [6.07, 6.45) is 0.392. The van der Waals surface area contributed by atoms with Crippen LogP contribution in [-0.2, 0) is 6.42 Å². The maximum atomic E-state index is 14.0. The van der Waals surface area contributed by atoms with E-state index in [2.05, 4.69) is 0 Å². The molecule has 0 saturated heterocycles. The van der Waals surface area contributed by atoms with Gasteiger partial charge >= 0.3 is 0 Å². The molecule has 2 rings (SSSR count). The molecule has 0 saturated carbocycles. The number of nitrogens with two attached hydrogens (primary N) is 1. The summed E-state index contributed by atoms with van der Waals surface area (Å²) in [5, 5.41) is 0. The number of ether oxygens (including phenoxy) is 2. The van der Waals surface area contributed by atoms with Crippen LogP contribution in [0.5, 0.6) is 17.2 Å². The van der Waals surface area contributed by atoms with Crippen LogP contribution in [0.25, 0.3) is 0 Å². The van der Waals surface area contributed by atoms with Crippen LogP contribution < -0.4 is 15.2 Å². The third-order valence-electron chi connectivity index (χ3n) is 2.90. The standard InChI is InChI=1S/C16H17F2NO2/c1-10(19)7-11-8-12(17)16(13(18)9-11)21-15-6-4-3-5-14(15)20-2/h3-6,8-10H,7,19H2,1-2H3. The molecule has 21 heavy (non-hydrogen) atoms. The molecule has 0 aliphatic carbocycles. The van der Waals surface area contributed by atoms with Crippen molar-refractivity contribution < 1.29 is 18.3 Å². The van der Waals surface area contributed by atoms with E-state index in [1.807, 2.05) is 0 Å². The van der Waals surface area contributed by atoms with Gasteiger partial charge in [0, 0.05) is 6.04 Å². The largest absolute Gasteiger partial charge is 0.493 e. The van der Waals surface area contributed by atoms with Crippen LogP contribution >= 0.6 is 0 Å². The number of benzene rings is 2. The van der Waals surface area contributed by atoms with E-state index in [1.54, 1.807) is 31.2 Å². The molecule has 1 unspecified atom stereocenters. The van der Waals surface area contributed by atoms with Crippen LogP contribution in [0, 0.1) is 11.6 Å². The second kappa shape index (κ2) is 6.54. The maximum absolute atomic E-state index is 14.0. The molecule has 5 heteroatoms. The van der Waals surface area contributed by atoms with Crippen molar-refractivity contribution >= 4 is 0 Å². The Balaban J connectivity index is 2.32. The molecule has 0 spiro atoms. The maximum Gasteiger partial charge on any atom is 0.198 e. The minimum Gasteiger partial charge on any atom is -0.493 e. The van der Waals surface area contributed by atoms with E-state index < -0.39 is 17.4 Å². The first-order valence-corrected chi connectivity index (χ1v) is 6.55. The van der Waals surface area contributed by atoms with Gasteiger partial charge in [0.2, 0.25) is 0 Å². The lowest BCUT2D eigenvalue weighted by Crippen LogP contribution is -2.18. The van der Waals surface area contributed by atoms with E-state index in [0.717, 1.165) is 0 Å². The Bertz CT molecular complexity index is 606. The first-order chi connectivity index (χ1) is 10.0. The zero-order valence-corrected chi connectivity index (χ0v) is 11.9. The smallest absolute Gasteiger partial charge is 0.198 e. The molecular formula is C16H17F2NO2. The molecule has 1 atom stereocenters. The van der Waals surface area contributed by atoms with Gasteiger partial charge in [0.25, 0.3) is 0 Å². The summed E-state index contributed by atoms with van der Waals surface area (Å²) in [6, 6.07) is 8.95. The molecule has 112 valence electrons. The molecule has 3 nitrogen and oxygen atoms in total. The zero-order valence-electron chi connectivity index (χ0n) is 11.9. The lowest BCUT2D eigenvalue weighted by Gasteiger charge is -2.13. The van der Waals surface area contributed by atoms with Gasteiger partial charge in [0.15, 0.2) is 28.9 Å². The van der Waals surface area contributed by atoms with Gasteiger partial charge in [-0.15, -0.1) is 0 Å². The summed E-state index contributed by atoms with van der Waals surface area (Å²) in [4.78, 5) is 0. The van der Waals surface area contributed by atoms with Crippen molar-refractivity contribution in [2.75, 3.05) is 7.11 Å². The van der Waals surface area contributed by atoms with Gasteiger partial charge < -0.3 is 15.2 Å². The lowest BCUT2D eigenvalue weighted by atomic mass is 10.1. The number of para-hydroxylation sites is 2. The average molecular weight is 293 g/mol. The molecular weight excluding hydrogens is 276 g/mol. The van der Waals surface area contributed by atoms with E-state index in [4.69, 9.17) is 15.2 Å². The minimum atomic E-state index is -0.767. The van der Waals surface area contributed by atoms with Gasteiger partial charge in [-0.05, 0) is 43.2 Å². The van der Waals surface area contributed by atoms with Crippen molar-refractivity contribution in [3.05, 3.63) is 53.6 Å². The van der Waals surface area contributed by atoms with Crippen molar-refractivity contribution in [3.63, 3.8) is 0 Å². The van der Waals surface area contributed by atoms with Gasteiger partial charge in [0.1, 0.15) is 0 Å². The highest BCUT2D eigenvalue weighted by atomic mass is 19.1. The first kappa shape index (κ1) is 15.3. The molecule has 2 aromatic rings. The van der Waals surface area contributed by atoms with Crippen LogP contribution in [0.2, 0.25) is 0 Å². The number of hydrogen-bond donors (Lipinski definition) is 1. The summed E-state index contributed by atoms with van der Waals surface area (Å²) in [7, 11) is 1.46. The fourth-order valence-electron chi connectivity index (χ4n) is 2.01. The van der Waals surface area contributed by atoms with Crippen LogP contribution in [0.4, 0.5) is 8.78 Å². The predicted octanol–water partition coefficient (Wildman–Crippen LogP) is 3.66. The van der Waals surface area contributed by atoms with Gasteiger partial charge in [-0.3, -0.25) is 0 Å². The SMILES string of the molecule is COc1ccccc1Oc1c(F)cc(CC(C)N)cc1F. The van der Waals surface area contributed by atoms with Crippen LogP contribution in [0.15, 0.2) is 36.4 Å². The van der Waals surface area contributed by atoms with E-state index in [-0.39, 0.29) is 11.8 Å². The fraction of sp³-hybridized carbons (Fsp3) is 0.250. The summed E-state index contributed by atoms with van der Waals surface area (Å²) in [5.41, 5.74) is 6.12. The second-order valence-corrected chi connectivity index (χ2v) is 4.82. The number of methoxy groups -OCH3 is 1. The molecule has 0 aliphatic rings. The van der Waals surface area contributed by atoms with Gasteiger partial charge in [-0.1, -0.05) is 12.1 Å². The van der Waals surface area contributed by atoms with E-state index >= 15 is 0 Å². The Morgan fingerprint density at radius 1 is 1.10 bits per heavy atom. The highest BCUT2D eigenvalue weighted by molar-refractivity contribution is 5.44. The van der Waals surface area contributed by atoms with Crippen molar-refractivity contribution in [3.8, 4) is 17.2 Å². The summed E-state index contributed by atoms with van der Waals surface area (Å²) in [5.74, 6) is -1.34. The topological polar surface area (TPSA) is 44.5 Å². The molecule has 0 fully saturated rings. The average Bonchev–Trinajstić information content (AvgIpc) is 2.42. The Hall–Kier alpha value is -2.14. The van der Waals surface area contributed by atoms with Crippen molar-refractivity contribution in [1.29, 1.82) is 0 Å². The predicted molar refractivity (Wildman–Crippen MR) is 76.8 cm³/mol. The molecule has 0 radical (unpaired) electrons. The lowest BCUT2D eigenvalue weighted by molar-refractivity contribution is 0.359. The summed E-state index contributed by atoms with van der Waals surface area (Å²) >= 11 is 0. The van der Waals surface area contributed by atoms with Gasteiger partial charge in [-0.25, -0.2) is 8.78 Å². The van der Waals surface area contributed by atoms with E-state index in [9.17, 15) is 8.78 Å². The fourth-order valence-corrected chi connectivity index (χ4v) is 2.01. The molecule has 0 aromatic heterocycles. The summed E-state index contributed by atoms with van der Waals surface area (Å²) in [6.45, 7) is 1.77.